The average Bonchev–Trinajstić information content (AvgIpc) is 2.18. The molecule has 0 aliphatic heterocycles. The minimum Gasteiger partial charge on any atom is -0.182 e. The molecule has 0 bridgehead atoms. The van der Waals surface area contributed by atoms with Gasteiger partial charge in [-0.25, -0.2) is 0 Å². The molecule has 0 nitrogen and oxygen atoms in total. The molecule has 0 aliphatic rings. The molecular formula is C14H16ILi. The van der Waals surface area contributed by atoms with E-state index in [0.29, 0.717) is 0 Å². The first-order valence-corrected chi connectivity index (χ1v) is 6.08. The maximum absolute atomic E-state index is 3.21. The summed E-state index contributed by atoms with van der Waals surface area (Å²) in [5.41, 5.74) is 1.41. The number of benzene rings is 1. The van der Waals surface area contributed by atoms with E-state index >= 15 is 0 Å². The van der Waals surface area contributed by atoms with Gasteiger partial charge in [-0.1, -0.05) is 48.0 Å². The Kier molecular flexibility index (Phi) is 7.38. The van der Waals surface area contributed by atoms with E-state index < -0.39 is 0 Å². The van der Waals surface area contributed by atoms with Crippen LogP contribution in [0.3, 0.4) is 0 Å². The Labute approximate surface area is 125 Å². The van der Waals surface area contributed by atoms with E-state index in [4.69, 9.17) is 0 Å². The predicted octanol–water partition coefficient (Wildman–Crippen LogP) is 1.87. The molecule has 0 atom stereocenters. The number of hydrogen-bond donors (Lipinski definition) is 0. The summed E-state index contributed by atoms with van der Waals surface area (Å²) in [5.74, 6) is 0. The Balaban J connectivity index is 0.00000225. The Morgan fingerprint density at radius 2 is 1.75 bits per heavy atom. The van der Waals surface area contributed by atoms with Crippen LogP contribution < -0.4 is 18.9 Å². The van der Waals surface area contributed by atoms with E-state index in [9.17, 15) is 0 Å². The summed E-state index contributed by atoms with van der Waals surface area (Å²) < 4.78 is 1.31. The molecule has 0 aromatic heterocycles. The molecule has 16 heavy (non-hydrogen) atoms. The third kappa shape index (κ3) is 5.94. The summed E-state index contributed by atoms with van der Waals surface area (Å²) in [5, 5.41) is 0. The van der Waals surface area contributed by atoms with Gasteiger partial charge in [0.2, 0.25) is 0 Å². The molecule has 0 saturated heterocycles. The molecule has 0 fully saturated rings. The molecule has 2 heteroatoms. The van der Waals surface area contributed by atoms with Crippen LogP contribution in [0.5, 0.6) is 0 Å². The second-order valence-electron chi connectivity index (χ2n) is 4.46. The van der Waals surface area contributed by atoms with E-state index in [1.165, 1.54) is 9.14 Å². The topological polar surface area (TPSA) is 0 Å². The van der Waals surface area contributed by atoms with E-state index in [0.717, 1.165) is 0 Å². The van der Waals surface area contributed by atoms with Crippen LogP contribution in [0.1, 0.15) is 26.3 Å². The molecule has 0 unspecified atom stereocenters. The third-order valence-electron chi connectivity index (χ3n) is 1.98. The average molecular weight is 318 g/mol. The zero-order valence-electron chi connectivity index (χ0n) is 10.4. The molecule has 0 saturated carbocycles. The van der Waals surface area contributed by atoms with Crippen molar-refractivity contribution in [1.82, 2.24) is 0 Å². The minimum atomic E-state index is 0. The van der Waals surface area contributed by atoms with Gasteiger partial charge in [-0.2, -0.15) is 18.2 Å². The SMILES string of the molecule is CC(C)(C)/C(I)=C/[C-]=Cc1ccccc1.[Li+]. The Morgan fingerprint density at radius 3 is 2.25 bits per heavy atom. The van der Waals surface area contributed by atoms with Crippen LogP contribution in [0.2, 0.25) is 0 Å². The number of hydrogen-bond acceptors (Lipinski definition) is 0. The molecule has 1 rings (SSSR count). The molecule has 0 N–H and O–H groups in total. The van der Waals surface area contributed by atoms with Crippen molar-refractivity contribution < 1.29 is 18.9 Å². The predicted molar refractivity (Wildman–Crippen MR) is 75.7 cm³/mol. The van der Waals surface area contributed by atoms with E-state index in [1.807, 2.05) is 30.4 Å². The van der Waals surface area contributed by atoms with Crippen molar-refractivity contribution in [2.24, 2.45) is 5.41 Å². The van der Waals surface area contributed by atoms with Gasteiger partial charge in [0.05, 0.1) is 0 Å². The Hall–Kier alpha value is 0.0274. The first-order valence-electron chi connectivity index (χ1n) is 5.00. The van der Waals surface area contributed by atoms with Crippen molar-refractivity contribution in [2.75, 3.05) is 0 Å². The molecule has 0 radical (unpaired) electrons. The van der Waals surface area contributed by atoms with E-state index in [1.54, 1.807) is 0 Å². The molecule has 0 aliphatic carbocycles. The van der Waals surface area contributed by atoms with Crippen LogP contribution in [0.25, 0.3) is 6.08 Å². The fraction of sp³-hybridized carbons (Fsp3) is 0.286. The quantitative estimate of drug-likeness (QED) is 0.338. The Morgan fingerprint density at radius 1 is 1.19 bits per heavy atom. The standard InChI is InChI=1S/C14H16I.Li/c1-14(2,3)13(15)11-7-10-12-8-5-4-6-9-12;/h4-6,8-11H,1-3H3;/q-1;+1/b13-11-;. The van der Waals surface area contributed by atoms with Crippen LogP contribution >= 0.6 is 22.6 Å². The van der Waals surface area contributed by atoms with Crippen molar-refractivity contribution in [1.29, 1.82) is 0 Å². The number of halogens is 1. The smallest absolute Gasteiger partial charge is 0.182 e. The normalized spacial score (nSPS) is 12.6. The molecule has 0 heterocycles. The van der Waals surface area contributed by atoms with Crippen molar-refractivity contribution in [3.05, 3.63) is 51.6 Å². The number of allylic oxidation sites excluding steroid dienone is 3. The first kappa shape index (κ1) is 16.0. The van der Waals surface area contributed by atoms with Crippen LogP contribution in [0.4, 0.5) is 0 Å². The van der Waals surface area contributed by atoms with Gasteiger partial charge >= 0.3 is 18.9 Å². The van der Waals surface area contributed by atoms with E-state index in [-0.39, 0.29) is 24.3 Å². The summed E-state index contributed by atoms with van der Waals surface area (Å²) in [6, 6.07) is 10.2. The Bertz CT molecular complexity index is 358. The number of rotatable bonds is 2. The van der Waals surface area contributed by atoms with Crippen molar-refractivity contribution in [2.45, 2.75) is 20.8 Å². The van der Waals surface area contributed by atoms with Crippen molar-refractivity contribution in [3.63, 3.8) is 0 Å². The van der Waals surface area contributed by atoms with E-state index in [2.05, 4.69) is 61.6 Å². The second kappa shape index (κ2) is 7.37. The molecule has 0 spiro atoms. The van der Waals surface area contributed by atoms with Gasteiger partial charge in [0.1, 0.15) is 0 Å². The molecular weight excluding hydrogens is 302 g/mol. The van der Waals surface area contributed by atoms with Crippen LogP contribution in [0, 0.1) is 11.5 Å². The molecule has 1 aromatic rings. The largest absolute Gasteiger partial charge is 1.00 e. The van der Waals surface area contributed by atoms with Gasteiger partial charge in [0, 0.05) is 0 Å². The minimum absolute atomic E-state index is 0. The van der Waals surface area contributed by atoms with Crippen molar-refractivity contribution >= 4 is 28.7 Å². The summed E-state index contributed by atoms with van der Waals surface area (Å²) in [6.45, 7) is 6.61. The summed E-state index contributed by atoms with van der Waals surface area (Å²) in [6.07, 6.45) is 7.27. The van der Waals surface area contributed by atoms with Gasteiger partial charge in [0.15, 0.2) is 0 Å². The molecule has 80 valence electrons. The van der Waals surface area contributed by atoms with Crippen LogP contribution in [-0.4, -0.2) is 0 Å². The van der Waals surface area contributed by atoms with Crippen LogP contribution in [-0.2, 0) is 0 Å². The van der Waals surface area contributed by atoms with Gasteiger partial charge < -0.3 is 0 Å². The second-order valence-corrected chi connectivity index (χ2v) is 5.63. The molecule has 0 amide bonds. The summed E-state index contributed by atoms with van der Waals surface area (Å²) in [7, 11) is 0. The van der Waals surface area contributed by atoms with Crippen molar-refractivity contribution in [3.8, 4) is 0 Å². The summed E-state index contributed by atoms with van der Waals surface area (Å²) >= 11 is 2.37. The van der Waals surface area contributed by atoms with Gasteiger partial charge in [0.25, 0.3) is 0 Å². The van der Waals surface area contributed by atoms with Gasteiger partial charge in [-0.05, 0) is 0 Å². The monoisotopic (exact) mass is 318 g/mol. The molecule has 1 aromatic carbocycles. The fourth-order valence-electron chi connectivity index (χ4n) is 0.977. The summed E-state index contributed by atoms with van der Waals surface area (Å²) in [4.78, 5) is 0. The zero-order chi connectivity index (χ0) is 11.3. The van der Waals surface area contributed by atoms with Crippen LogP contribution in [0.15, 0.2) is 40.0 Å². The van der Waals surface area contributed by atoms with Gasteiger partial charge in [-0.3, -0.25) is 0 Å². The zero-order valence-corrected chi connectivity index (χ0v) is 12.6. The first-order chi connectivity index (χ1) is 7.00. The van der Waals surface area contributed by atoms with Gasteiger partial charge in [-0.15, -0.1) is 40.3 Å². The maximum atomic E-state index is 3.21. The third-order valence-corrected chi connectivity index (χ3v) is 3.91. The fourth-order valence-corrected chi connectivity index (χ4v) is 1.16. The maximum Gasteiger partial charge on any atom is 1.00 e.